The van der Waals surface area contributed by atoms with Crippen LogP contribution in [0.25, 0.3) is 0 Å². The molecule has 112 valence electrons. The number of carbonyl (C=O) groups excluding carboxylic acids is 3. The molecule has 1 aromatic carbocycles. The molecule has 1 aromatic rings. The van der Waals surface area contributed by atoms with Crippen molar-refractivity contribution in [1.29, 1.82) is 0 Å². The Hall–Kier alpha value is -2.37. The van der Waals surface area contributed by atoms with E-state index in [0.29, 0.717) is 25.1 Å². The SMILES string of the molecule is Nc1ccccc1CCC(=O)NCCN1C(=O)CCC1=O. The van der Waals surface area contributed by atoms with E-state index in [2.05, 4.69) is 5.32 Å². The molecule has 3 amide bonds. The monoisotopic (exact) mass is 289 g/mol. The van der Waals surface area contributed by atoms with Gasteiger partial charge in [0.15, 0.2) is 0 Å². The van der Waals surface area contributed by atoms with Crippen LogP contribution in [-0.2, 0) is 20.8 Å². The molecule has 0 aliphatic carbocycles. The van der Waals surface area contributed by atoms with Crippen LogP contribution in [0.3, 0.4) is 0 Å². The Morgan fingerprint density at radius 1 is 1.19 bits per heavy atom. The van der Waals surface area contributed by atoms with Crippen LogP contribution in [0.4, 0.5) is 5.69 Å². The predicted octanol–water partition coefficient (Wildman–Crippen LogP) is 0.467. The van der Waals surface area contributed by atoms with Crippen LogP contribution < -0.4 is 11.1 Å². The first-order chi connectivity index (χ1) is 10.1. The summed E-state index contributed by atoms with van der Waals surface area (Å²) >= 11 is 0. The number of amides is 3. The van der Waals surface area contributed by atoms with E-state index in [1.165, 1.54) is 4.90 Å². The molecule has 1 aliphatic heterocycles. The van der Waals surface area contributed by atoms with Crippen molar-refractivity contribution in [3.8, 4) is 0 Å². The van der Waals surface area contributed by atoms with Gasteiger partial charge in [-0.15, -0.1) is 0 Å². The summed E-state index contributed by atoms with van der Waals surface area (Å²) in [6, 6.07) is 7.43. The lowest BCUT2D eigenvalue weighted by Gasteiger charge is -2.14. The standard InChI is InChI=1S/C15H19N3O3/c16-12-4-2-1-3-11(12)5-6-13(19)17-9-10-18-14(20)7-8-15(18)21/h1-4H,5-10,16H2,(H,17,19). The van der Waals surface area contributed by atoms with E-state index in [0.717, 1.165) is 5.56 Å². The van der Waals surface area contributed by atoms with Crippen LogP contribution >= 0.6 is 0 Å². The molecule has 0 saturated carbocycles. The van der Waals surface area contributed by atoms with Crippen molar-refractivity contribution in [1.82, 2.24) is 10.2 Å². The molecule has 6 heteroatoms. The van der Waals surface area contributed by atoms with E-state index < -0.39 is 0 Å². The van der Waals surface area contributed by atoms with Crippen LogP contribution in [-0.4, -0.2) is 35.7 Å². The number of carbonyl (C=O) groups is 3. The quantitative estimate of drug-likeness (QED) is 0.588. The van der Waals surface area contributed by atoms with Gasteiger partial charge < -0.3 is 11.1 Å². The summed E-state index contributed by atoms with van der Waals surface area (Å²) in [4.78, 5) is 35.7. The molecule has 1 heterocycles. The second-order valence-corrected chi connectivity index (χ2v) is 4.99. The predicted molar refractivity (Wildman–Crippen MR) is 78.1 cm³/mol. The topological polar surface area (TPSA) is 92.5 Å². The molecule has 0 aromatic heterocycles. The van der Waals surface area contributed by atoms with Crippen LogP contribution in [0.5, 0.6) is 0 Å². The fourth-order valence-corrected chi connectivity index (χ4v) is 2.28. The number of nitrogen functional groups attached to an aromatic ring is 1. The van der Waals surface area contributed by atoms with Crippen molar-refractivity contribution < 1.29 is 14.4 Å². The number of para-hydroxylation sites is 1. The zero-order valence-corrected chi connectivity index (χ0v) is 11.8. The molecule has 0 bridgehead atoms. The Labute approximate surface area is 123 Å². The Kier molecular flexibility index (Phi) is 4.92. The molecule has 1 saturated heterocycles. The Morgan fingerprint density at radius 3 is 2.52 bits per heavy atom. The fraction of sp³-hybridized carbons (Fsp3) is 0.400. The number of benzene rings is 1. The summed E-state index contributed by atoms with van der Waals surface area (Å²) in [6.45, 7) is 0.539. The first-order valence-corrected chi connectivity index (χ1v) is 7.01. The van der Waals surface area contributed by atoms with Gasteiger partial charge in [0.2, 0.25) is 17.7 Å². The number of aryl methyl sites for hydroxylation is 1. The summed E-state index contributed by atoms with van der Waals surface area (Å²) in [5.41, 5.74) is 7.43. The lowest BCUT2D eigenvalue weighted by atomic mass is 10.1. The van der Waals surface area contributed by atoms with Gasteiger partial charge in [-0.3, -0.25) is 19.3 Å². The Morgan fingerprint density at radius 2 is 1.86 bits per heavy atom. The number of likely N-dealkylation sites (tertiary alicyclic amines) is 1. The minimum absolute atomic E-state index is 0.114. The van der Waals surface area contributed by atoms with Gasteiger partial charge in [0.25, 0.3) is 0 Å². The molecule has 1 aliphatic rings. The molecule has 2 rings (SSSR count). The summed E-state index contributed by atoms with van der Waals surface area (Å²) in [6.07, 6.45) is 1.45. The second-order valence-electron chi connectivity index (χ2n) is 4.99. The van der Waals surface area contributed by atoms with E-state index in [4.69, 9.17) is 5.73 Å². The number of anilines is 1. The van der Waals surface area contributed by atoms with E-state index in [1.54, 1.807) is 6.07 Å². The van der Waals surface area contributed by atoms with Gasteiger partial charge in [-0.25, -0.2) is 0 Å². The maximum absolute atomic E-state index is 11.7. The van der Waals surface area contributed by atoms with Crippen LogP contribution in [0.15, 0.2) is 24.3 Å². The average molecular weight is 289 g/mol. The molecule has 0 unspecified atom stereocenters. The fourth-order valence-electron chi connectivity index (χ4n) is 2.28. The van der Waals surface area contributed by atoms with E-state index in [9.17, 15) is 14.4 Å². The minimum Gasteiger partial charge on any atom is -0.399 e. The third-order valence-electron chi connectivity index (χ3n) is 3.49. The first kappa shape index (κ1) is 15.0. The lowest BCUT2D eigenvalue weighted by Crippen LogP contribution is -2.37. The van der Waals surface area contributed by atoms with Gasteiger partial charge in [0.1, 0.15) is 0 Å². The van der Waals surface area contributed by atoms with Crippen LogP contribution in [0.2, 0.25) is 0 Å². The molecule has 0 atom stereocenters. The average Bonchev–Trinajstić information content (AvgIpc) is 2.78. The first-order valence-electron chi connectivity index (χ1n) is 7.01. The van der Waals surface area contributed by atoms with Crippen molar-refractivity contribution in [2.75, 3.05) is 18.8 Å². The number of hydrogen-bond acceptors (Lipinski definition) is 4. The van der Waals surface area contributed by atoms with Crippen molar-refractivity contribution >= 4 is 23.4 Å². The summed E-state index contributed by atoms with van der Waals surface area (Å²) in [7, 11) is 0. The maximum atomic E-state index is 11.7. The van der Waals surface area contributed by atoms with Crippen molar-refractivity contribution in [3.05, 3.63) is 29.8 Å². The summed E-state index contributed by atoms with van der Waals surface area (Å²) < 4.78 is 0. The summed E-state index contributed by atoms with van der Waals surface area (Å²) in [5.74, 6) is -0.435. The lowest BCUT2D eigenvalue weighted by molar-refractivity contribution is -0.138. The van der Waals surface area contributed by atoms with Crippen LogP contribution in [0.1, 0.15) is 24.8 Å². The second kappa shape index (κ2) is 6.88. The van der Waals surface area contributed by atoms with Crippen molar-refractivity contribution in [2.45, 2.75) is 25.7 Å². The molecular formula is C15H19N3O3. The smallest absolute Gasteiger partial charge is 0.229 e. The summed E-state index contributed by atoms with van der Waals surface area (Å²) in [5, 5.41) is 2.71. The minimum atomic E-state index is -0.161. The third-order valence-corrected chi connectivity index (χ3v) is 3.49. The van der Waals surface area contributed by atoms with Gasteiger partial charge in [-0.05, 0) is 18.1 Å². The Balaban J connectivity index is 1.69. The van der Waals surface area contributed by atoms with Crippen LogP contribution in [0, 0.1) is 0 Å². The zero-order valence-electron chi connectivity index (χ0n) is 11.8. The molecule has 3 N–H and O–H groups in total. The van der Waals surface area contributed by atoms with Gasteiger partial charge >= 0.3 is 0 Å². The molecule has 0 spiro atoms. The van der Waals surface area contributed by atoms with E-state index in [1.807, 2.05) is 18.2 Å². The Bertz CT molecular complexity index is 541. The van der Waals surface area contributed by atoms with Gasteiger partial charge in [-0.2, -0.15) is 0 Å². The van der Waals surface area contributed by atoms with Gasteiger partial charge in [0, 0.05) is 38.0 Å². The largest absolute Gasteiger partial charge is 0.399 e. The third kappa shape index (κ3) is 4.05. The molecule has 21 heavy (non-hydrogen) atoms. The normalized spacial score (nSPS) is 14.6. The highest BCUT2D eigenvalue weighted by Crippen LogP contribution is 2.12. The number of nitrogens with one attached hydrogen (secondary N) is 1. The maximum Gasteiger partial charge on any atom is 0.229 e. The molecule has 6 nitrogen and oxygen atoms in total. The zero-order chi connectivity index (χ0) is 15.2. The number of hydrogen-bond donors (Lipinski definition) is 2. The van der Waals surface area contributed by atoms with Gasteiger partial charge in [-0.1, -0.05) is 18.2 Å². The van der Waals surface area contributed by atoms with E-state index >= 15 is 0 Å². The van der Waals surface area contributed by atoms with Crippen molar-refractivity contribution in [3.63, 3.8) is 0 Å². The highest BCUT2D eigenvalue weighted by Gasteiger charge is 2.28. The number of nitrogens with two attached hydrogens (primary N) is 1. The number of rotatable bonds is 6. The number of nitrogens with zero attached hydrogens (tertiary/aromatic N) is 1. The van der Waals surface area contributed by atoms with Gasteiger partial charge in [0.05, 0.1) is 0 Å². The van der Waals surface area contributed by atoms with E-state index in [-0.39, 0.29) is 37.1 Å². The highest BCUT2D eigenvalue weighted by molar-refractivity contribution is 6.01. The molecular weight excluding hydrogens is 270 g/mol. The molecule has 0 radical (unpaired) electrons. The number of imide groups is 1. The molecule has 1 fully saturated rings. The van der Waals surface area contributed by atoms with Crippen molar-refractivity contribution in [2.24, 2.45) is 0 Å². The highest BCUT2D eigenvalue weighted by atomic mass is 16.2.